The van der Waals surface area contributed by atoms with Crippen LogP contribution in [0.4, 0.5) is 4.39 Å². The van der Waals surface area contributed by atoms with Crippen molar-refractivity contribution in [3.05, 3.63) is 35.6 Å². The van der Waals surface area contributed by atoms with Crippen LogP contribution in [0.5, 0.6) is 0 Å². The van der Waals surface area contributed by atoms with E-state index >= 15 is 0 Å². The van der Waals surface area contributed by atoms with Gasteiger partial charge in [0.15, 0.2) is 0 Å². The van der Waals surface area contributed by atoms with Crippen molar-refractivity contribution in [3.8, 4) is 0 Å². The fourth-order valence-electron chi connectivity index (χ4n) is 2.14. The standard InChI is InChI=1S/C13H18FNO/c1-9-8-16-13(10(2)15(9)3)11-4-6-12(14)7-5-11/h4-7,9-10,13H,8H2,1-3H3/t9-,10?,13?/m0/s1. The fourth-order valence-corrected chi connectivity index (χ4v) is 2.14. The number of hydrogen-bond acceptors (Lipinski definition) is 2. The third-order valence-corrected chi connectivity index (χ3v) is 3.49. The summed E-state index contributed by atoms with van der Waals surface area (Å²) < 4.78 is 18.7. The van der Waals surface area contributed by atoms with Gasteiger partial charge in [-0.15, -0.1) is 0 Å². The summed E-state index contributed by atoms with van der Waals surface area (Å²) in [7, 11) is 2.11. The van der Waals surface area contributed by atoms with Crippen molar-refractivity contribution in [2.45, 2.75) is 32.0 Å². The Morgan fingerprint density at radius 2 is 1.88 bits per heavy atom. The number of benzene rings is 1. The number of ether oxygens (including phenoxy) is 1. The smallest absolute Gasteiger partial charge is 0.123 e. The Balaban J connectivity index is 2.18. The average Bonchev–Trinajstić information content (AvgIpc) is 2.28. The lowest BCUT2D eigenvalue weighted by molar-refractivity contribution is -0.0853. The van der Waals surface area contributed by atoms with Gasteiger partial charge in [0.1, 0.15) is 5.82 Å². The molecule has 0 bridgehead atoms. The van der Waals surface area contributed by atoms with Crippen molar-refractivity contribution in [2.75, 3.05) is 13.7 Å². The van der Waals surface area contributed by atoms with Crippen molar-refractivity contribution in [2.24, 2.45) is 0 Å². The van der Waals surface area contributed by atoms with Gasteiger partial charge in [0.05, 0.1) is 12.7 Å². The maximum Gasteiger partial charge on any atom is 0.123 e. The van der Waals surface area contributed by atoms with Crippen LogP contribution in [0, 0.1) is 5.82 Å². The Labute approximate surface area is 96.0 Å². The topological polar surface area (TPSA) is 12.5 Å². The van der Waals surface area contributed by atoms with Crippen molar-refractivity contribution in [1.29, 1.82) is 0 Å². The molecule has 2 rings (SSSR count). The van der Waals surface area contributed by atoms with Crippen molar-refractivity contribution in [3.63, 3.8) is 0 Å². The first-order valence-corrected chi connectivity index (χ1v) is 5.68. The second-order valence-corrected chi connectivity index (χ2v) is 4.56. The van der Waals surface area contributed by atoms with Gasteiger partial charge >= 0.3 is 0 Å². The highest BCUT2D eigenvalue weighted by Crippen LogP contribution is 2.29. The Morgan fingerprint density at radius 1 is 1.25 bits per heavy atom. The first kappa shape index (κ1) is 11.6. The van der Waals surface area contributed by atoms with Gasteiger partial charge in [-0.25, -0.2) is 4.39 Å². The molecule has 0 spiro atoms. The second-order valence-electron chi connectivity index (χ2n) is 4.56. The molecule has 0 saturated carbocycles. The molecule has 1 fully saturated rings. The Bertz CT molecular complexity index is 351. The van der Waals surface area contributed by atoms with E-state index in [1.54, 1.807) is 12.1 Å². The number of halogens is 1. The van der Waals surface area contributed by atoms with E-state index in [0.29, 0.717) is 12.1 Å². The normalized spacial score (nSPS) is 31.6. The minimum atomic E-state index is -0.200. The van der Waals surface area contributed by atoms with E-state index in [2.05, 4.69) is 25.8 Å². The van der Waals surface area contributed by atoms with E-state index in [-0.39, 0.29) is 11.9 Å². The fraction of sp³-hybridized carbons (Fsp3) is 0.538. The molecule has 3 atom stereocenters. The quantitative estimate of drug-likeness (QED) is 0.725. The maximum atomic E-state index is 12.8. The lowest BCUT2D eigenvalue weighted by Gasteiger charge is -2.41. The number of rotatable bonds is 1. The molecule has 0 aromatic heterocycles. The van der Waals surface area contributed by atoms with Crippen molar-refractivity contribution < 1.29 is 9.13 Å². The summed E-state index contributed by atoms with van der Waals surface area (Å²) in [5.74, 6) is -0.200. The molecule has 16 heavy (non-hydrogen) atoms. The zero-order valence-electron chi connectivity index (χ0n) is 9.98. The Morgan fingerprint density at radius 3 is 2.50 bits per heavy atom. The van der Waals surface area contributed by atoms with E-state index in [1.807, 2.05) is 0 Å². The third kappa shape index (κ3) is 2.11. The number of nitrogens with zero attached hydrogens (tertiary/aromatic N) is 1. The molecular formula is C13H18FNO. The van der Waals surface area contributed by atoms with Gasteiger partial charge in [-0.1, -0.05) is 12.1 Å². The lowest BCUT2D eigenvalue weighted by Crippen LogP contribution is -2.48. The summed E-state index contributed by atoms with van der Waals surface area (Å²) in [4.78, 5) is 2.30. The maximum absolute atomic E-state index is 12.8. The summed E-state index contributed by atoms with van der Waals surface area (Å²) in [5, 5.41) is 0. The van der Waals surface area contributed by atoms with Crippen LogP contribution in [-0.2, 0) is 4.74 Å². The predicted octanol–water partition coefficient (Wildman–Crippen LogP) is 2.61. The monoisotopic (exact) mass is 223 g/mol. The lowest BCUT2D eigenvalue weighted by atomic mass is 9.99. The van der Waals surface area contributed by atoms with Gasteiger partial charge in [0.2, 0.25) is 0 Å². The highest BCUT2D eigenvalue weighted by molar-refractivity contribution is 5.20. The highest BCUT2D eigenvalue weighted by Gasteiger charge is 2.31. The molecule has 2 nitrogen and oxygen atoms in total. The zero-order chi connectivity index (χ0) is 11.7. The van der Waals surface area contributed by atoms with E-state index in [9.17, 15) is 4.39 Å². The summed E-state index contributed by atoms with van der Waals surface area (Å²) in [6.45, 7) is 5.02. The molecule has 0 radical (unpaired) electrons. The molecule has 2 unspecified atom stereocenters. The minimum Gasteiger partial charge on any atom is -0.370 e. The van der Waals surface area contributed by atoms with Gasteiger partial charge < -0.3 is 4.74 Å². The van der Waals surface area contributed by atoms with Gasteiger partial charge in [-0.05, 0) is 38.6 Å². The van der Waals surface area contributed by atoms with Crippen LogP contribution in [-0.4, -0.2) is 30.6 Å². The van der Waals surface area contributed by atoms with Gasteiger partial charge in [0, 0.05) is 12.1 Å². The molecule has 0 N–H and O–H groups in total. The molecule has 88 valence electrons. The first-order valence-electron chi connectivity index (χ1n) is 5.68. The zero-order valence-corrected chi connectivity index (χ0v) is 9.98. The molecule has 1 aromatic rings. The molecule has 0 amide bonds. The van der Waals surface area contributed by atoms with Gasteiger partial charge in [-0.2, -0.15) is 0 Å². The van der Waals surface area contributed by atoms with Crippen molar-refractivity contribution in [1.82, 2.24) is 4.90 Å². The summed E-state index contributed by atoms with van der Waals surface area (Å²) >= 11 is 0. The molecule has 1 aromatic carbocycles. The molecular weight excluding hydrogens is 205 g/mol. The number of morpholine rings is 1. The molecule has 0 aliphatic carbocycles. The highest BCUT2D eigenvalue weighted by atomic mass is 19.1. The summed E-state index contributed by atoms with van der Waals surface area (Å²) in [5.41, 5.74) is 1.05. The number of likely N-dealkylation sites (N-methyl/N-ethyl adjacent to an activating group) is 1. The van der Waals surface area contributed by atoms with Crippen LogP contribution in [0.25, 0.3) is 0 Å². The molecule has 3 heteroatoms. The van der Waals surface area contributed by atoms with Crippen molar-refractivity contribution >= 4 is 0 Å². The molecule has 1 saturated heterocycles. The number of hydrogen-bond donors (Lipinski definition) is 0. The van der Waals surface area contributed by atoms with E-state index in [4.69, 9.17) is 4.74 Å². The van der Waals surface area contributed by atoms with Gasteiger partial charge in [0.25, 0.3) is 0 Å². The van der Waals surface area contributed by atoms with Crippen LogP contribution in [0.1, 0.15) is 25.5 Å². The molecule has 1 aliphatic heterocycles. The second kappa shape index (κ2) is 4.52. The molecule has 1 aliphatic rings. The average molecular weight is 223 g/mol. The van der Waals surface area contributed by atoms with E-state index in [0.717, 1.165) is 12.2 Å². The SMILES string of the molecule is CC1C(c2ccc(F)cc2)OC[C@H](C)N1C. The third-order valence-electron chi connectivity index (χ3n) is 3.49. The Kier molecular flexibility index (Phi) is 3.26. The predicted molar refractivity (Wildman–Crippen MR) is 61.8 cm³/mol. The Hall–Kier alpha value is -0.930. The largest absolute Gasteiger partial charge is 0.370 e. The van der Waals surface area contributed by atoms with E-state index < -0.39 is 0 Å². The van der Waals surface area contributed by atoms with Crippen LogP contribution in [0.3, 0.4) is 0 Å². The van der Waals surface area contributed by atoms with Crippen LogP contribution >= 0.6 is 0 Å². The first-order chi connectivity index (χ1) is 7.59. The molecule has 1 heterocycles. The minimum absolute atomic E-state index is 0.0433. The van der Waals surface area contributed by atoms with E-state index in [1.165, 1.54) is 12.1 Å². The van der Waals surface area contributed by atoms with Crippen LogP contribution < -0.4 is 0 Å². The van der Waals surface area contributed by atoms with Crippen LogP contribution in [0.15, 0.2) is 24.3 Å². The van der Waals surface area contributed by atoms with Crippen LogP contribution in [0.2, 0.25) is 0 Å². The summed E-state index contributed by atoms with van der Waals surface area (Å²) in [6, 6.07) is 7.34. The summed E-state index contributed by atoms with van der Waals surface area (Å²) in [6.07, 6.45) is 0.0433. The van der Waals surface area contributed by atoms with Gasteiger partial charge in [-0.3, -0.25) is 4.90 Å².